The van der Waals surface area contributed by atoms with Crippen LogP contribution in [0, 0.1) is 0 Å². The van der Waals surface area contributed by atoms with Crippen molar-refractivity contribution >= 4 is 5.52 Å². The Bertz CT molecular complexity index is 804. The quantitative estimate of drug-likeness (QED) is 0.779. The molecule has 1 aromatic carbocycles. The molecule has 1 saturated carbocycles. The Morgan fingerprint density at radius 2 is 1.95 bits per heavy atom. The number of ether oxygens (including phenoxy) is 1. The first-order valence-corrected chi connectivity index (χ1v) is 7.36. The topological polar surface area (TPSA) is 72.8 Å². The zero-order valence-corrected chi connectivity index (χ0v) is 12.0. The number of imidazole rings is 1. The summed E-state index contributed by atoms with van der Waals surface area (Å²) in [7, 11) is 0. The lowest BCUT2D eigenvalue weighted by Gasteiger charge is -2.32. The second kappa shape index (κ2) is 5.03. The first kappa shape index (κ1) is 13.2. The normalized spacial score (nSPS) is 20.8. The second-order valence-corrected chi connectivity index (χ2v) is 5.80. The molecule has 22 heavy (non-hydrogen) atoms. The molecule has 1 fully saturated rings. The second-order valence-electron chi connectivity index (χ2n) is 5.80. The number of benzene rings is 1. The van der Waals surface area contributed by atoms with Gasteiger partial charge in [0.05, 0.1) is 12.5 Å². The van der Waals surface area contributed by atoms with Gasteiger partial charge in [-0.2, -0.15) is 0 Å². The highest BCUT2D eigenvalue weighted by Crippen LogP contribution is 2.32. The Balaban J connectivity index is 1.74. The summed E-state index contributed by atoms with van der Waals surface area (Å²) in [5.41, 5.74) is 8.81. The lowest BCUT2D eigenvalue weighted by Crippen LogP contribution is -2.43. The first-order valence-electron chi connectivity index (χ1n) is 7.36. The number of nitrogens with zero attached hydrogens (tertiary/aromatic N) is 2. The van der Waals surface area contributed by atoms with E-state index in [-0.39, 0.29) is 17.9 Å². The highest BCUT2D eigenvalue weighted by Gasteiger charge is 2.28. The molecule has 0 radical (unpaired) electrons. The van der Waals surface area contributed by atoms with E-state index in [9.17, 15) is 5.11 Å². The van der Waals surface area contributed by atoms with E-state index in [1.54, 1.807) is 24.7 Å². The van der Waals surface area contributed by atoms with Crippen LogP contribution in [0.3, 0.4) is 0 Å². The van der Waals surface area contributed by atoms with Crippen LogP contribution in [0.4, 0.5) is 0 Å². The highest BCUT2D eigenvalue weighted by molar-refractivity contribution is 5.71. The van der Waals surface area contributed by atoms with Crippen LogP contribution in [0.25, 0.3) is 16.6 Å². The third kappa shape index (κ3) is 2.29. The molecule has 3 N–H and O–H groups in total. The molecule has 5 nitrogen and oxygen atoms in total. The molecule has 0 amide bonds. The van der Waals surface area contributed by atoms with Crippen LogP contribution < -0.4 is 10.5 Å². The van der Waals surface area contributed by atoms with Crippen molar-refractivity contribution in [1.82, 2.24) is 9.38 Å². The molecule has 112 valence electrons. The molecule has 4 rings (SSSR count). The van der Waals surface area contributed by atoms with E-state index in [1.165, 1.54) is 0 Å². The minimum absolute atomic E-state index is 0.184. The monoisotopic (exact) mass is 295 g/mol. The number of aromatic hydroxyl groups is 1. The van der Waals surface area contributed by atoms with Gasteiger partial charge in [-0.1, -0.05) is 12.1 Å². The molecule has 0 spiro atoms. The maximum atomic E-state index is 9.43. The number of phenolic OH excluding ortho intramolecular Hbond substituents is 1. The fraction of sp³-hybridized carbons (Fsp3) is 0.235. The van der Waals surface area contributed by atoms with Gasteiger partial charge in [-0.3, -0.25) is 0 Å². The van der Waals surface area contributed by atoms with Crippen LogP contribution in [0.2, 0.25) is 0 Å². The molecular weight excluding hydrogens is 278 g/mol. The van der Waals surface area contributed by atoms with Crippen LogP contribution >= 0.6 is 0 Å². The number of pyridine rings is 1. The largest absolute Gasteiger partial charge is 0.508 e. The SMILES string of the molecule is NC1CC(Oc2cc(-c3ccc(O)cc3)cn3cncc23)C1. The summed E-state index contributed by atoms with van der Waals surface area (Å²) in [5, 5.41) is 9.43. The summed E-state index contributed by atoms with van der Waals surface area (Å²) < 4.78 is 8.04. The average molecular weight is 295 g/mol. The Hall–Kier alpha value is -2.53. The third-order valence-electron chi connectivity index (χ3n) is 4.11. The molecule has 2 heterocycles. The number of nitrogens with two attached hydrogens (primary N) is 1. The van der Waals surface area contributed by atoms with E-state index in [2.05, 4.69) is 4.98 Å². The lowest BCUT2D eigenvalue weighted by molar-refractivity contribution is 0.102. The van der Waals surface area contributed by atoms with Gasteiger partial charge in [0, 0.05) is 17.8 Å². The Morgan fingerprint density at radius 1 is 1.18 bits per heavy atom. The fourth-order valence-electron chi connectivity index (χ4n) is 2.79. The third-order valence-corrected chi connectivity index (χ3v) is 4.11. The first-order chi connectivity index (χ1) is 10.7. The molecule has 5 heteroatoms. The van der Waals surface area contributed by atoms with Crippen LogP contribution in [0.1, 0.15) is 12.8 Å². The molecule has 0 unspecified atom stereocenters. The molecular formula is C17H17N3O2. The Labute approximate surface area is 128 Å². The molecule has 2 aromatic heterocycles. The minimum Gasteiger partial charge on any atom is -0.508 e. The van der Waals surface area contributed by atoms with Gasteiger partial charge in [0.2, 0.25) is 0 Å². The summed E-state index contributed by atoms with van der Waals surface area (Å²) in [6.07, 6.45) is 7.54. The van der Waals surface area contributed by atoms with Crippen molar-refractivity contribution in [1.29, 1.82) is 0 Å². The molecule has 0 bridgehead atoms. The summed E-state index contributed by atoms with van der Waals surface area (Å²) in [4.78, 5) is 4.20. The zero-order valence-electron chi connectivity index (χ0n) is 12.0. The molecule has 3 aromatic rings. The number of rotatable bonds is 3. The number of aromatic nitrogens is 2. The van der Waals surface area contributed by atoms with Crippen LogP contribution in [-0.2, 0) is 0 Å². The maximum absolute atomic E-state index is 9.43. The predicted octanol–water partition coefficient (Wildman–Crippen LogP) is 2.58. The average Bonchev–Trinajstić information content (AvgIpc) is 2.95. The molecule has 0 aliphatic heterocycles. The van der Waals surface area contributed by atoms with Gasteiger partial charge in [-0.25, -0.2) is 4.98 Å². The van der Waals surface area contributed by atoms with Gasteiger partial charge in [0.1, 0.15) is 23.1 Å². The van der Waals surface area contributed by atoms with Gasteiger partial charge < -0.3 is 20.0 Å². The smallest absolute Gasteiger partial charge is 0.146 e. The number of hydrogen-bond donors (Lipinski definition) is 2. The van der Waals surface area contributed by atoms with Gasteiger partial charge in [-0.15, -0.1) is 0 Å². The summed E-state index contributed by atoms with van der Waals surface area (Å²) in [6, 6.07) is 9.41. The van der Waals surface area contributed by atoms with E-state index < -0.39 is 0 Å². The van der Waals surface area contributed by atoms with Crippen molar-refractivity contribution in [3.8, 4) is 22.6 Å². The Kier molecular flexibility index (Phi) is 3.01. The summed E-state index contributed by atoms with van der Waals surface area (Å²) in [6.45, 7) is 0. The van der Waals surface area contributed by atoms with Gasteiger partial charge in [-0.05, 0) is 36.6 Å². The number of hydrogen-bond acceptors (Lipinski definition) is 4. The lowest BCUT2D eigenvalue weighted by atomic mass is 9.90. The maximum Gasteiger partial charge on any atom is 0.146 e. The standard InChI is InChI=1S/C17H17N3O2/c18-13-6-15(7-13)22-17-5-12(9-20-10-19-8-16(17)20)11-1-3-14(21)4-2-11/h1-5,8-10,13,15,21H,6-7,18H2. The van der Waals surface area contributed by atoms with Crippen molar-refractivity contribution in [3.63, 3.8) is 0 Å². The van der Waals surface area contributed by atoms with Gasteiger partial charge >= 0.3 is 0 Å². The van der Waals surface area contributed by atoms with Crippen molar-refractivity contribution in [2.24, 2.45) is 5.73 Å². The van der Waals surface area contributed by atoms with Crippen molar-refractivity contribution < 1.29 is 9.84 Å². The van der Waals surface area contributed by atoms with E-state index in [0.717, 1.165) is 35.2 Å². The summed E-state index contributed by atoms with van der Waals surface area (Å²) >= 11 is 0. The van der Waals surface area contributed by atoms with Crippen LogP contribution in [0.15, 0.2) is 49.1 Å². The highest BCUT2D eigenvalue weighted by atomic mass is 16.5. The van der Waals surface area contributed by atoms with Crippen LogP contribution in [-0.4, -0.2) is 26.6 Å². The molecule has 1 aliphatic carbocycles. The van der Waals surface area contributed by atoms with Crippen molar-refractivity contribution in [2.75, 3.05) is 0 Å². The fourth-order valence-corrected chi connectivity index (χ4v) is 2.79. The van der Waals surface area contributed by atoms with Gasteiger partial charge in [0.25, 0.3) is 0 Å². The molecule has 0 atom stereocenters. The van der Waals surface area contributed by atoms with E-state index in [0.29, 0.717) is 0 Å². The molecule has 0 saturated heterocycles. The van der Waals surface area contributed by atoms with Crippen molar-refractivity contribution in [2.45, 2.75) is 25.0 Å². The number of phenols is 1. The zero-order chi connectivity index (χ0) is 15.1. The van der Waals surface area contributed by atoms with E-state index in [1.807, 2.05) is 28.8 Å². The van der Waals surface area contributed by atoms with E-state index in [4.69, 9.17) is 10.5 Å². The van der Waals surface area contributed by atoms with Gasteiger partial charge in [0.15, 0.2) is 0 Å². The summed E-state index contributed by atoms with van der Waals surface area (Å²) in [5.74, 6) is 1.08. The number of fused-ring (bicyclic) bond motifs is 1. The van der Waals surface area contributed by atoms with E-state index >= 15 is 0 Å². The van der Waals surface area contributed by atoms with Crippen LogP contribution in [0.5, 0.6) is 11.5 Å². The molecule has 1 aliphatic rings. The Morgan fingerprint density at radius 3 is 2.68 bits per heavy atom. The van der Waals surface area contributed by atoms with Crippen molar-refractivity contribution in [3.05, 3.63) is 49.1 Å². The minimum atomic E-state index is 0.184. The predicted molar refractivity (Wildman–Crippen MR) is 83.9 cm³/mol.